The van der Waals surface area contributed by atoms with E-state index in [1.807, 2.05) is 0 Å². The van der Waals surface area contributed by atoms with Crippen molar-refractivity contribution in [1.29, 1.82) is 0 Å². The number of rotatable bonds is 1. The molecule has 3 nitrogen and oxygen atoms in total. The molecule has 3 rings (SSSR count). The van der Waals surface area contributed by atoms with Gasteiger partial charge < -0.3 is 10.2 Å². The maximum Gasteiger partial charge on any atom is 0.229 e. The third-order valence-electron chi connectivity index (χ3n) is 2.66. The molecule has 96 valence electrons. The minimum Gasteiger partial charge on any atom is -0.434 e. The molecule has 0 bridgehead atoms. The van der Waals surface area contributed by atoms with E-state index < -0.39 is 5.82 Å². The Hall–Kier alpha value is -1.78. The van der Waals surface area contributed by atoms with Crippen molar-refractivity contribution in [2.24, 2.45) is 0 Å². The molecule has 0 saturated heterocycles. The van der Waals surface area contributed by atoms with Crippen LogP contribution in [0.2, 0.25) is 10.0 Å². The molecule has 0 amide bonds. The van der Waals surface area contributed by atoms with Crippen LogP contribution in [0.25, 0.3) is 22.6 Å². The van der Waals surface area contributed by atoms with Crippen LogP contribution in [-0.4, -0.2) is 4.98 Å². The Morgan fingerprint density at radius 2 is 1.95 bits per heavy atom. The molecule has 3 aromatic rings. The molecule has 0 atom stereocenters. The van der Waals surface area contributed by atoms with Gasteiger partial charge >= 0.3 is 0 Å². The quantitative estimate of drug-likeness (QED) is 0.672. The van der Waals surface area contributed by atoms with Crippen LogP contribution < -0.4 is 5.73 Å². The van der Waals surface area contributed by atoms with Gasteiger partial charge in [-0.3, -0.25) is 0 Å². The predicted molar refractivity (Wildman–Crippen MR) is 73.8 cm³/mol. The van der Waals surface area contributed by atoms with Crippen molar-refractivity contribution >= 4 is 40.0 Å². The summed E-state index contributed by atoms with van der Waals surface area (Å²) in [4.78, 5) is 4.18. The summed E-state index contributed by atoms with van der Waals surface area (Å²) in [6, 6.07) is 7.35. The number of hydrogen-bond donors (Lipinski definition) is 1. The molecule has 6 heteroatoms. The van der Waals surface area contributed by atoms with Gasteiger partial charge in [0.05, 0.1) is 10.6 Å². The molecule has 1 heterocycles. The first-order valence-corrected chi connectivity index (χ1v) is 6.11. The van der Waals surface area contributed by atoms with E-state index in [0.29, 0.717) is 27.4 Å². The van der Waals surface area contributed by atoms with E-state index in [2.05, 4.69) is 4.98 Å². The third-order valence-corrected chi connectivity index (χ3v) is 3.17. The van der Waals surface area contributed by atoms with Crippen molar-refractivity contribution in [2.45, 2.75) is 0 Å². The van der Waals surface area contributed by atoms with Crippen molar-refractivity contribution in [3.05, 3.63) is 46.2 Å². The Morgan fingerprint density at radius 3 is 2.74 bits per heavy atom. The molecule has 0 spiro atoms. The number of nitrogen functional groups attached to an aromatic ring is 1. The molecule has 19 heavy (non-hydrogen) atoms. The van der Waals surface area contributed by atoms with Crippen LogP contribution in [0, 0.1) is 5.82 Å². The first kappa shape index (κ1) is 12.3. The first-order chi connectivity index (χ1) is 9.04. The van der Waals surface area contributed by atoms with E-state index in [9.17, 15) is 4.39 Å². The fraction of sp³-hybridized carbons (Fsp3) is 0. The molecule has 2 N–H and O–H groups in total. The highest BCUT2D eigenvalue weighted by Crippen LogP contribution is 2.33. The number of oxazole rings is 1. The van der Waals surface area contributed by atoms with Crippen LogP contribution in [0.5, 0.6) is 0 Å². The van der Waals surface area contributed by atoms with Crippen LogP contribution in [-0.2, 0) is 0 Å². The Morgan fingerprint density at radius 1 is 1.16 bits per heavy atom. The van der Waals surface area contributed by atoms with Crippen LogP contribution in [0.1, 0.15) is 0 Å². The van der Waals surface area contributed by atoms with Crippen LogP contribution in [0.4, 0.5) is 10.1 Å². The number of anilines is 1. The standard InChI is InChI=1S/C13H7Cl2FN2O/c14-6-1-2-10(17)8(3-6)13-18-11-5-7(16)4-9(15)12(11)19-13/h1-5H,17H2. The van der Waals surface area contributed by atoms with Gasteiger partial charge in [-0.1, -0.05) is 23.2 Å². The second-order valence-electron chi connectivity index (χ2n) is 3.99. The average molecular weight is 297 g/mol. The van der Waals surface area contributed by atoms with E-state index >= 15 is 0 Å². The number of nitrogens with two attached hydrogens (primary N) is 1. The Kier molecular flexibility index (Phi) is 2.84. The number of aromatic nitrogens is 1. The second kappa shape index (κ2) is 4.40. The van der Waals surface area contributed by atoms with Crippen LogP contribution in [0.15, 0.2) is 34.7 Å². The molecule has 0 unspecified atom stereocenters. The SMILES string of the molecule is Nc1ccc(Cl)cc1-c1nc2cc(F)cc(Cl)c2o1. The number of benzene rings is 2. The summed E-state index contributed by atoms with van der Waals surface area (Å²) in [5.74, 6) is -0.223. The van der Waals surface area contributed by atoms with Crippen molar-refractivity contribution in [3.63, 3.8) is 0 Å². The summed E-state index contributed by atoms with van der Waals surface area (Å²) >= 11 is 11.8. The Bertz CT molecular complexity index is 786. The lowest BCUT2D eigenvalue weighted by atomic mass is 10.2. The topological polar surface area (TPSA) is 52.0 Å². The summed E-state index contributed by atoms with van der Waals surface area (Å²) in [6.07, 6.45) is 0. The maximum atomic E-state index is 13.2. The van der Waals surface area contributed by atoms with Crippen LogP contribution >= 0.6 is 23.2 Å². The molecular weight excluding hydrogens is 290 g/mol. The zero-order valence-corrected chi connectivity index (χ0v) is 11.0. The summed E-state index contributed by atoms with van der Waals surface area (Å²) < 4.78 is 18.8. The molecule has 0 aliphatic heterocycles. The molecule has 0 radical (unpaired) electrons. The minimum absolute atomic E-state index is 0.161. The van der Waals surface area contributed by atoms with E-state index in [0.717, 1.165) is 0 Å². The van der Waals surface area contributed by atoms with Crippen molar-refractivity contribution in [1.82, 2.24) is 4.98 Å². The van der Waals surface area contributed by atoms with Gasteiger partial charge in [0.2, 0.25) is 5.89 Å². The van der Waals surface area contributed by atoms with Gasteiger partial charge in [0.25, 0.3) is 0 Å². The van der Waals surface area contributed by atoms with Gasteiger partial charge in [-0.25, -0.2) is 9.37 Å². The number of fused-ring (bicyclic) bond motifs is 1. The smallest absolute Gasteiger partial charge is 0.229 e. The van der Waals surface area contributed by atoms with E-state index in [1.165, 1.54) is 12.1 Å². The lowest BCUT2D eigenvalue weighted by Gasteiger charge is -2.01. The highest BCUT2D eigenvalue weighted by Gasteiger charge is 2.14. The van der Waals surface area contributed by atoms with Crippen molar-refractivity contribution in [3.8, 4) is 11.5 Å². The molecular formula is C13H7Cl2FN2O. The van der Waals surface area contributed by atoms with Gasteiger partial charge in [0.15, 0.2) is 5.58 Å². The zero-order chi connectivity index (χ0) is 13.6. The highest BCUT2D eigenvalue weighted by molar-refractivity contribution is 6.34. The summed E-state index contributed by atoms with van der Waals surface area (Å²) in [5, 5.41) is 0.665. The summed E-state index contributed by atoms with van der Waals surface area (Å²) in [5.41, 5.74) is 7.50. The average Bonchev–Trinajstić information content (AvgIpc) is 2.76. The van der Waals surface area contributed by atoms with Crippen LogP contribution in [0.3, 0.4) is 0 Å². The molecule has 0 fully saturated rings. The van der Waals surface area contributed by atoms with Gasteiger partial charge in [0, 0.05) is 16.8 Å². The van der Waals surface area contributed by atoms with Crippen molar-refractivity contribution < 1.29 is 8.81 Å². The van der Waals surface area contributed by atoms with Gasteiger partial charge in [0.1, 0.15) is 11.3 Å². The van der Waals surface area contributed by atoms with E-state index in [4.69, 9.17) is 33.4 Å². The molecule has 0 saturated carbocycles. The molecule has 2 aromatic carbocycles. The monoisotopic (exact) mass is 296 g/mol. The van der Waals surface area contributed by atoms with Gasteiger partial charge in [-0.05, 0) is 24.3 Å². The molecule has 1 aromatic heterocycles. The minimum atomic E-state index is -0.476. The molecule has 0 aliphatic rings. The van der Waals surface area contributed by atoms with Crippen molar-refractivity contribution in [2.75, 3.05) is 5.73 Å². The predicted octanol–water partition coefficient (Wildman–Crippen LogP) is 4.52. The highest BCUT2D eigenvalue weighted by atomic mass is 35.5. The van der Waals surface area contributed by atoms with E-state index in [1.54, 1.807) is 18.2 Å². The Labute approximate surface area is 117 Å². The zero-order valence-electron chi connectivity index (χ0n) is 9.45. The Balaban J connectivity index is 2.26. The number of halogens is 3. The summed E-state index contributed by atoms with van der Waals surface area (Å²) in [6.45, 7) is 0. The third kappa shape index (κ3) is 2.13. The second-order valence-corrected chi connectivity index (χ2v) is 4.83. The fourth-order valence-electron chi connectivity index (χ4n) is 1.79. The van der Waals surface area contributed by atoms with E-state index in [-0.39, 0.29) is 10.9 Å². The number of nitrogens with zero attached hydrogens (tertiary/aromatic N) is 1. The lowest BCUT2D eigenvalue weighted by Crippen LogP contribution is -1.89. The fourth-order valence-corrected chi connectivity index (χ4v) is 2.20. The largest absolute Gasteiger partial charge is 0.434 e. The number of hydrogen-bond acceptors (Lipinski definition) is 3. The first-order valence-electron chi connectivity index (χ1n) is 5.35. The normalized spacial score (nSPS) is 11.1. The van der Waals surface area contributed by atoms with Gasteiger partial charge in [-0.15, -0.1) is 0 Å². The lowest BCUT2D eigenvalue weighted by molar-refractivity contribution is 0.614. The van der Waals surface area contributed by atoms with Gasteiger partial charge in [-0.2, -0.15) is 0 Å². The molecule has 0 aliphatic carbocycles. The maximum absolute atomic E-state index is 13.2. The summed E-state index contributed by atoms with van der Waals surface area (Å²) in [7, 11) is 0.